The van der Waals surface area contributed by atoms with Gasteiger partial charge in [-0.15, -0.1) is 11.3 Å². The van der Waals surface area contributed by atoms with E-state index in [1.807, 2.05) is 19.9 Å². The maximum atomic E-state index is 12.2. The van der Waals surface area contributed by atoms with E-state index in [-0.39, 0.29) is 12.5 Å². The van der Waals surface area contributed by atoms with Crippen LogP contribution in [0.3, 0.4) is 0 Å². The summed E-state index contributed by atoms with van der Waals surface area (Å²) in [6.45, 7) is 8.04. The minimum absolute atomic E-state index is 0.174. The van der Waals surface area contributed by atoms with Gasteiger partial charge in [-0.25, -0.2) is 9.97 Å². The van der Waals surface area contributed by atoms with Crippen molar-refractivity contribution in [1.29, 1.82) is 0 Å². The Hall–Kier alpha value is -2.93. The second-order valence-corrected chi connectivity index (χ2v) is 11.4. The molecule has 2 aliphatic rings. The lowest BCUT2D eigenvalue weighted by atomic mass is 9.97. The second-order valence-electron chi connectivity index (χ2n) is 10.4. The number of thiazole rings is 1. The number of aliphatic hydroxyl groups excluding tert-OH is 3. The molecule has 2 saturated carbocycles. The van der Waals surface area contributed by atoms with Crippen molar-refractivity contribution in [3.63, 3.8) is 0 Å². The molecule has 0 spiro atoms. The molecule has 0 saturated heterocycles. The standard InChI is InChI=1S/C26H35N7O4S/c1-5-27-24(37)21(35)15-10-16(22(36)20(15)34)31-23-18(25-32-19-13(4)28-9-8-17(19)38-25)12(3)30-26(33-23)29-11(2)14-6-7-14/h8-9,11,14-16,20-22,34-36H,5-7,10H2,1-4H3,(H,27,37)(H2,29,30,31,33)/t11-,15?,16-,20-,21?,22+/m1/s1. The fourth-order valence-electron chi connectivity index (χ4n) is 5.18. The Labute approximate surface area is 225 Å². The number of anilines is 2. The first-order valence-corrected chi connectivity index (χ1v) is 14.0. The number of hydrogen-bond acceptors (Lipinski definition) is 11. The fourth-order valence-corrected chi connectivity index (χ4v) is 6.29. The first-order chi connectivity index (χ1) is 18.2. The van der Waals surface area contributed by atoms with E-state index < -0.39 is 36.2 Å². The molecule has 12 heteroatoms. The number of nitrogens with zero attached hydrogens (tertiary/aromatic N) is 4. The van der Waals surface area contributed by atoms with Gasteiger partial charge in [0, 0.05) is 24.7 Å². The Balaban J connectivity index is 1.50. The number of aliphatic hydroxyl groups is 3. The van der Waals surface area contributed by atoms with Crippen LogP contribution in [0.25, 0.3) is 20.8 Å². The molecular formula is C26H35N7O4S. The first-order valence-electron chi connectivity index (χ1n) is 13.1. The molecule has 6 N–H and O–H groups in total. The number of fused-ring (bicyclic) bond motifs is 1. The number of hydrogen-bond donors (Lipinski definition) is 6. The SMILES string of the molecule is CCNC(=O)C(O)C1C[C@@H](Nc2nc(N[C@H](C)C3CC3)nc(C)c2-c2nc3c(C)nccc3s2)[C@H](O)[C@@H]1O. The van der Waals surface area contributed by atoms with E-state index in [4.69, 9.17) is 15.0 Å². The number of pyridine rings is 1. The van der Waals surface area contributed by atoms with E-state index in [0.29, 0.717) is 40.5 Å². The third-order valence-corrected chi connectivity index (χ3v) is 8.59. The van der Waals surface area contributed by atoms with E-state index in [2.05, 4.69) is 27.9 Å². The van der Waals surface area contributed by atoms with Crippen molar-refractivity contribution in [3.8, 4) is 10.6 Å². The van der Waals surface area contributed by atoms with Gasteiger partial charge in [-0.05, 0) is 58.9 Å². The summed E-state index contributed by atoms with van der Waals surface area (Å²) < 4.78 is 0.990. The fraction of sp³-hybridized carbons (Fsp3) is 0.577. The summed E-state index contributed by atoms with van der Waals surface area (Å²) in [6, 6.07) is 1.49. The molecule has 3 aromatic rings. The minimum Gasteiger partial charge on any atom is -0.390 e. The van der Waals surface area contributed by atoms with Gasteiger partial charge in [0.05, 0.1) is 33.8 Å². The summed E-state index contributed by atoms with van der Waals surface area (Å²) in [4.78, 5) is 31.0. The Morgan fingerprint density at radius 3 is 2.61 bits per heavy atom. The molecule has 1 amide bonds. The van der Waals surface area contributed by atoms with Crippen LogP contribution in [0.5, 0.6) is 0 Å². The Morgan fingerprint density at radius 2 is 1.92 bits per heavy atom. The normalized spacial score (nSPS) is 24.8. The van der Waals surface area contributed by atoms with E-state index in [1.54, 1.807) is 13.1 Å². The number of aromatic nitrogens is 4. The Bertz CT molecular complexity index is 1330. The number of aryl methyl sites for hydroxylation is 2. The predicted octanol–water partition coefficient (Wildman–Crippen LogP) is 1.99. The van der Waals surface area contributed by atoms with Gasteiger partial charge in [0.1, 0.15) is 28.6 Å². The largest absolute Gasteiger partial charge is 0.390 e. The lowest BCUT2D eigenvalue weighted by Crippen LogP contribution is -2.43. The summed E-state index contributed by atoms with van der Waals surface area (Å²) in [7, 11) is 0. The van der Waals surface area contributed by atoms with Crippen molar-refractivity contribution in [2.75, 3.05) is 17.2 Å². The van der Waals surface area contributed by atoms with E-state index in [1.165, 1.54) is 24.2 Å². The zero-order valence-electron chi connectivity index (χ0n) is 22.0. The maximum Gasteiger partial charge on any atom is 0.249 e. The number of carbonyl (C=O) groups excluding carboxylic acids is 1. The lowest BCUT2D eigenvalue weighted by molar-refractivity contribution is -0.134. The van der Waals surface area contributed by atoms with Crippen molar-refractivity contribution < 1.29 is 20.1 Å². The van der Waals surface area contributed by atoms with Crippen molar-refractivity contribution in [1.82, 2.24) is 25.3 Å². The number of amides is 1. The molecule has 5 rings (SSSR count). The molecule has 2 aliphatic carbocycles. The van der Waals surface area contributed by atoms with Gasteiger partial charge in [-0.3, -0.25) is 9.78 Å². The zero-order chi connectivity index (χ0) is 27.1. The lowest BCUT2D eigenvalue weighted by Gasteiger charge is -2.22. The Kier molecular flexibility index (Phi) is 7.49. The number of carbonyl (C=O) groups is 1. The van der Waals surface area contributed by atoms with Crippen LogP contribution in [-0.2, 0) is 4.79 Å². The van der Waals surface area contributed by atoms with Crippen molar-refractivity contribution >= 4 is 39.2 Å². The van der Waals surface area contributed by atoms with Gasteiger partial charge in [-0.1, -0.05) is 0 Å². The van der Waals surface area contributed by atoms with Gasteiger partial charge in [-0.2, -0.15) is 4.98 Å². The van der Waals surface area contributed by atoms with Gasteiger partial charge in [0.2, 0.25) is 11.9 Å². The van der Waals surface area contributed by atoms with Crippen LogP contribution in [0, 0.1) is 25.7 Å². The van der Waals surface area contributed by atoms with Gasteiger partial charge in [0.25, 0.3) is 0 Å². The van der Waals surface area contributed by atoms with Gasteiger partial charge >= 0.3 is 0 Å². The highest BCUT2D eigenvalue weighted by molar-refractivity contribution is 7.21. The second kappa shape index (κ2) is 10.7. The molecular weight excluding hydrogens is 506 g/mol. The van der Waals surface area contributed by atoms with Crippen LogP contribution in [0.2, 0.25) is 0 Å². The molecule has 3 heterocycles. The van der Waals surface area contributed by atoms with Crippen molar-refractivity contribution in [2.24, 2.45) is 11.8 Å². The average Bonchev–Trinajstić information content (AvgIpc) is 3.59. The molecule has 0 aliphatic heterocycles. The molecule has 0 aromatic carbocycles. The van der Waals surface area contributed by atoms with Crippen molar-refractivity contribution in [3.05, 3.63) is 23.7 Å². The summed E-state index contributed by atoms with van der Waals surface area (Å²) in [5.41, 5.74) is 3.05. The van der Waals surface area contributed by atoms with Crippen molar-refractivity contribution in [2.45, 2.75) is 77.4 Å². The highest BCUT2D eigenvalue weighted by atomic mass is 32.1. The molecule has 38 heavy (non-hydrogen) atoms. The van der Waals surface area contributed by atoms with Gasteiger partial charge < -0.3 is 31.3 Å². The molecule has 0 radical (unpaired) electrons. The summed E-state index contributed by atoms with van der Waals surface area (Å²) in [5, 5.41) is 42.1. The van der Waals surface area contributed by atoms with E-state index in [0.717, 1.165) is 15.9 Å². The number of rotatable bonds is 9. The molecule has 2 unspecified atom stereocenters. The topological polar surface area (TPSA) is 165 Å². The third-order valence-electron chi connectivity index (χ3n) is 7.55. The highest BCUT2D eigenvalue weighted by Gasteiger charge is 2.47. The molecule has 3 aromatic heterocycles. The van der Waals surface area contributed by atoms with Crippen LogP contribution < -0.4 is 16.0 Å². The van der Waals surface area contributed by atoms with E-state index >= 15 is 0 Å². The molecule has 11 nitrogen and oxygen atoms in total. The Morgan fingerprint density at radius 1 is 1.16 bits per heavy atom. The zero-order valence-corrected chi connectivity index (χ0v) is 22.8. The van der Waals surface area contributed by atoms with Crippen LogP contribution in [0.15, 0.2) is 12.3 Å². The maximum absolute atomic E-state index is 12.2. The summed E-state index contributed by atoms with van der Waals surface area (Å²) >= 11 is 1.51. The first kappa shape index (κ1) is 26.7. The average molecular weight is 542 g/mol. The number of nitrogens with one attached hydrogen (secondary N) is 3. The highest BCUT2D eigenvalue weighted by Crippen LogP contribution is 2.39. The molecule has 2 fully saturated rings. The minimum atomic E-state index is -1.44. The van der Waals surface area contributed by atoms with Crippen LogP contribution in [0.4, 0.5) is 11.8 Å². The monoisotopic (exact) mass is 541 g/mol. The summed E-state index contributed by atoms with van der Waals surface area (Å²) in [6.07, 6.45) is 0.358. The molecule has 0 bridgehead atoms. The quantitative estimate of drug-likeness (QED) is 0.236. The smallest absolute Gasteiger partial charge is 0.249 e. The van der Waals surface area contributed by atoms with Crippen LogP contribution in [0.1, 0.15) is 44.5 Å². The van der Waals surface area contributed by atoms with Crippen LogP contribution >= 0.6 is 11.3 Å². The third kappa shape index (κ3) is 5.18. The predicted molar refractivity (Wildman–Crippen MR) is 146 cm³/mol. The van der Waals surface area contributed by atoms with Crippen LogP contribution in [-0.4, -0.2) is 78.1 Å². The van der Waals surface area contributed by atoms with Gasteiger partial charge in [0.15, 0.2) is 0 Å². The van der Waals surface area contributed by atoms with E-state index in [9.17, 15) is 20.1 Å². The molecule has 6 atom stereocenters. The molecule has 204 valence electrons. The summed E-state index contributed by atoms with van der Waals surface area (Å²) in [5.74, 6) is 0.139. The number of likely N-dealkylation sites (N-methyl/N-ethyl adjacent to an activating group) is 1.